The number of aryl methyl sites for hydroxylation is 1. The first-order valence-corrected chi connectivity index (χ1v) is 5.11. The zero-order valence-electron chi connectivity index (χ0n) is 8.11. The minimum absolute atomic E-state index is 0.0497. The summed E-state index contributed by atoms with van der Waals surface area (Å²) in [6.45, 7) is 1.89. The summed E-state index contributed by atoms with van der Waals surface area (Å²) in [7, 11) is 0. The van der Waals surface area contributed by atoms with Crippen molar-refractivity contribution in [2.45, 2.75) is 31.7 Å². The lowest BCUT2D eigenvalue weighted by atomic mass is 10.00. The van der Waals surface area contributed by atoms with Crippen molar-refractivity contribution in [3.63, 3.8) is 0 Å². The van der Waals surface area contributed by atoms with Gasteiger partial charge in [-0.25, -0.2) is 4.39 Å². The van der Waals surface area contributed by atoms with Crippen LogP contribution in [0.5, 0.6) is 0 Å². The molecule has 0 heterocycles. The highest BCUT2D eigenvalue weighted by atomic mass is 35.5. The lowest BCUT2D eigenvalue weighted by Gasteiger charge is -2.11. The van der Waals surface area contributed by atoms with Crippen LogP contribution >= 0.6 is 11.6 Å². The third-order valence-electron chi connectivity index (χ3n) is 2.81. The summed E-state index contributed by atoms with van der Waals surface area (Å²) in [6, 6.07) is 3.17. The predicted octanol–water partition coefficient (Wildman–Crippen LogP) is 2.82. The van der Waals surface area contributed by atoms with Gasteiger partial charge in [-0.3, -0.25) is 0 Å². The Morgan fingerprint density at radius 3 is 2.71 bits per heavy atom. The van der Waals surface area contributed by atoms with Gasteiger partial charge in [-0.1, -0.05) is 11.6 Å². The van der Waals surface area contributed by atoms with Crippen molar-refractivity contribution in [3.05, 3.63) is 34.1 Å². The molecule has 0 saturated heterocycles. The largest absolute Gasteiger partial charge is 0.325 e. The van der Waals surface area contributed by atoms with E-state index in [1.807, 2.05) is 6.92 Å². The van der Waals surface area contributed by atoms with E-state index in [1.165, 1.54) is 6.07 Å². The van der Waals surface area contributed by atoms with Gasteiger partial charge in [0.1, 0.15) is 5.82 Å². The highest BCUT2D eigenvalue weighted by Gasteiger charge is 2.38. The molecule has 0 unspecified atom stereocenters. The average Bonchev–Trinajstić information content (AvgIpc) is 2.80. The fourth-order valence-corrected chi connectivity index (χ4v) is 1.78. The monoisotopic (exact) mass is 213 g/mol. The van der Waals surface area contributed by atoms with E-state index in [0.717, 1.165) is 30.4 Å². The normalized spacial score (nSPS) is 18.3. The summed E-state index contributed by atoms with van der Waals surface area (Å²) in [5.74, 6) is -0.352. The van der Waals surface area contributed by atoms with E-state index in [0.29, 0.717) is 0 Å². The van der Waals surface area contributed by atoms with Crippen LogP contribution in [0.1, 0.15) is 24.0 Å². The smallest absolute Gasteiger partial charge is 0.142 e. The lowest BCUT2D eigenvalue weighted by molar-refractivity contribution is 0.622. The van der Waals surface area contributed by atoms with E-state index in [9.17, 15) is 4.39 Å². The molecule has 76 valence electrons. The third-order valence-corrected chi connectivity index (χ3v) is 3.10. The van der Waals surface area contributed by atoms with Gasteiger partial charge in [0.15, 0.2) is 0 Å². The van der Waals surface area contributed by atoms with Crippen LogP contribution in [0.3, 0.4) is 0 Å². The highest BCUT2D eigenvalue weighted by Crippen LogP contribution is 2.37. The van der Waals surface area contributed by atoms with Crippen molar-refractivity contribution in [2.75, 3.05) is 0 Å². The summed E-state index contributed by atoms with van der Waals surface area (Å²) in [6.07, 6.45) is 2.92. The predicted molar refractivity (Wildman–Crippen MR) is 56.0 cm³/mol. The van der Waals surface area contributed by atoms with Crippen molar-refractivity contribution in [3.8, 4) is 0 Å². The second-order valence-corrected chi connectivity index (χ2v) is 4.64. The maximum atomic E-state index is 13.0. The Hall–Kier alpha value is -0.600. The van der Waals surface area contributed by atoms with Crippen LogP contribution in [0.15, 0.2) is 12.1 Å². The van der Waals surface area contributed by atoms with Gasteiger partial charge in [-0.2, -0.15) is 0 Å². The van der Waals surface area contributed by atoms with Gasteiger partial charge in [-0.15, -0.1) is 0 Å². The van der Waals surface area contributed by atoms with Crippen LogP contribution in [-0.4, -0.2) is 5.54 Å². The molecule has 1 aromatic rings. The Labute approximate surface area is 88.1 Å². The zero-order valence-corrected chi connectivity index (χ0v) is 8.87. The van der Waals surface area contributed by atoms with Crippen molar-refractivity contribution < 1.29 is 4.39 Å². The molecule has 0 spiro atoms. The minimum Gasteiger partial charge on any atom is -0.325 e. The second kappa shape index (κ2) is 3.21. The fraction of sp³-hybridized carbons (Fsp3) is 0.455. The standard InChI is InChI=1S/C11H13ClFN/c1-7-4-10(13)9(12)5-8(7)6-11(14)2-3-11/h4-5H,2-3,6,14H2,1H3. The number of hydrogen-bond donors (Lipinski definition) is 1. The van der Waals surface area contributed by atoms with E-state index < -0.39 is 0 Å². The van der Waals surface area contributed by atoms with E-state index in [2.05, 4.69) is 0 Å². The van der Waals surface area contributed by atoms with Crippen LogP contribution in [0.2, 0.25) is 5.02 Å². The molecule has 1 aliphatic rings. The van der Waals surface area contributed by atoms with Crippen molar-refractivity contribution in [1.82, 2.24) is 0 Å². The van der Waals surface area contributed by atoms with Crippen LogP contribution < -0.4 is 5.73 Å². The van der Waals surface area contributed by atoms with E-state index in [-0.39, 0.29) is 16.4 Å². The molecule has 0 atom stereocenters. The molecule has 1 aromatic carbocycles. The van der Waals surface area contributed by atoms with E-state index >= 15 is 0 Å². The molecule has 0 aliphatic heterocycles. The van der Waals surface area contributed by atoms with Crippen LogP contribution in [0, 0.1) is 12.7 Å². The molecule has 3 heteroatoms. The number of rotatable bonds is 2. The minimum atomic E-state index is -0.352. The Bertz CT molecular complexity index is 372. The molecule has 1 fully saturated rings. The first-order chi connectivity index (χ1) is 6.50. The van der Waals surface area contributed by atoms with Crippen molar-refractivity contribution in [2.24, 2.45) is 5.73 Å². The van der Waals surface area contributed by atoms with E-state index in [1.54, 1.807) is 6.07 Å². The average molecular weight is 214 g/mol. The topological polar surface area (TPSA) is 26.0 Å². The molecular formula is C11H13ClFN. The number of hydrogen-bond acceptors (Lipinski definition) is 1. The lowest BCUT2D eigenvalue weighted by Crippen LogP contribution is -2.24. The SMILES string of the molecule is Cc1cc(F)c(Cl)cc1CC1(N)CC1. The zero-order chi connectivity index (χ0) is 10.3. The molecule has 0 radical (unpaired) electrons. The van der Waals surface area contributed by atoms with Crippen LogP contribution in [-0.2, 0) is 6.42 Å². The number of nitrogens with two attached hydrogens (primary N) is 1. The van der Waals surface area contributed by atoms with Gasteiger partial charge in [0.2, 0.25) is 0 Å². The molecular weight excluding hydrogens is 201 g/mol. The van der Waals surface area contributed by atoms with Gasteiger partial charge >= 0.3 is 0 Å². The van der Waals surface area contributed by atoms with E-state index in [4.69, 9.17) is 17.3 Å². The van der Waals surface area contributed by atoms with Gasteiger partial charge in [0, 0.05) is 5.54 Å². The molecule has 2 rings (SSSR count). The van der Waals surface area contributed by atoms with Gasteiger partial charge < -0.3 is 5.73 Å². The fourth-order valence-electron chi connectivity index (χ4n) is 1.59. The Morgan fingerprint density at radius 2 is 2.14 bits per heavy atom. The number of halogens is 2. The van der Waals surface area contributed by atoms with Crippen molar-refractivity contribution >= 4 is 11.6 Å². The van der Waals surface area contributed by atoms with Gasteiger partial charge in [0.05, 0.1) is 5.02 Å². The quantitative estimate of drug-likeness (QED) is 0.804. The first kappa shape index (κ1) is 9.94. The van der Waals surface area contributed by atoms with Crippen molar-refractivity contribution in [1.29, 1.82) is 0 Å². The molecule has 2 N–H and O–H groups in total. The Balaban J connectivity index is 2.29. The first-order valence-electron chi connectivity index (χ1n) is 4.74. The molecule has 1 nitrogen and oxygen atoms in total. The van der Waals surface area contributed by atoms with Gasteiger partial charge in [-0.05, 0) is 49.4 Å². The second-order valence-electron chi connectivity index (χ2n) is 4.23. The maximum absolute atomic E-state index is 13.0. The molecule has 14 heavy (non-hydrogen) atoms. The molecule has 1 aliphatic carbocycles. The third kappa shape index (κ3) is 1.91. The van der Waals surface area contributed by atoms with Crippen LogP contribution in [0.4, 0.5) is 4.39 Å². The summed E-state index contributed by atoms with van der Waals surface area (Å²) in [5.41, 5.74) is 7.95. The highest BCUT2D eigenvalue weighted by molar-refractivity contribution is 6.30. The summed E-state index contributed by atoms with van der Waals surface area (Å²) >= 11 is 5.72. The Morgan fingerprint density at radius 1 is 1.50 bits per heavy atom. The van der Waals surface area contributed by atoms with Crippen LogP contribution in [0.25, 0.3) is 0 Å². The summed E-state index contributed by atoms with van der Waals surface area (Å²) in [4.78, 5) is 0. The summed E-state index contributed by atoms with van der Waals surface area (Å²) < 4.78 is 13.0. The van der Waals surface area contributed by atoms with Gasteiger partial charge in [0.25, 0.3) is 0 Å². The molecule has 0 bridgehead atoms. The molecule has 0 amide bonds. The molecule has 0 aromatic heterocycles. The molecule has 1 saturated carbocycles. The summed E-state index contributed by atoms with van der Waals surface area (Å²) in [5, 5.41) is 0.190. The Kier molecular flexibility index (Phi) is 2.28. The number of benzene rings is 1. The maximum Gasteiger partial charge on any atom is 0.142 e.